The molecule has 0 aromatic heterocycles. The lowest BCUT2D eigenvalue weighted by atomic mass is 10.0. The molecule has 2 aromatic rings. The van der Waals surface area contributed by atoms with Gasteiger partial charge in [-0.1, -0.05) is 31.5 Å². The van der Waals surface area contributed by atoms with Crippen molar-refractivity contribution in [1.82, 2.24) is 0 Å². The van der Waals surface area contributed by atoms with Crippen molar-refractivity contribution in [2.75, 3.05) is 16.8 Å². The fourth-order valence-electron chi connectivity index (χ4n) is 3.09. The van der Waals surface area contributed by atoms with E-state index in [0.29, 0.717) is 6.42 Å². The van der Waals surface area contributed by atoms with E-state index in [9.17, 15) is 4.79 Å². The molecule has 23 heavy (non-hydrogen) atoms. The third-order valence-electron chi connectivity index (χ3n) is 4.33. The summed E-state index contributed by atoms with van der Waals surface area (Å²) in [4.78, 5) is 14.2. The Morgan fingerprint density at radius 3 is 2.70 bits per heavy atom. The number of carbonyl (C=O) groups is 1. The van der Waals surface area contributed by atoms with Gasteiger partial charge in [0.15, 0.2) is 0 Å². The highest BCUT2D eigenvalue weighted by atomic mass is 16.1. The minimum Gasteiger partial charge on any atom is -0.341 e. The van der Waals surface area contributed by atoms with E-state index in [2.05, 4.69) is 53.5 Å². The topological polar surface area (TPSA) is 32.3 Å². The highest BCUT2D eigenvalue weighted by Gasteiger charge is 2.17. The number of carbonyl (C=O) groups excluding carboxylic acids is 1. The smallest absolute Gasteiger partial charge is 0.224 e. The third kappa shape index (κ3) is 3.73. The minimum absolute atomic E-state index is 0.0999. The molecule has 0 bridgehead atoms. The molecule has 1 amide bonds. The van der Waals surface area contributed by atoms with Gasteiger partial charge in [0, 0.05) is 30.0 Å². The SMILES string of the molecule is CCCCC(=O)Nc1ccc(N2CCCc3ccccc32)cc1. The Labute approximate surface area is 138 Å². The fourth-order valence-corrected chi connectivity index (χ4v) is 3.09. The van der Waals surface area contributed by atoms with Crippen LogP contribution in [-0.2, 0) is 11.2 Å². The second-order valence-corrected chi connectivity index (χ2v) is 6.08. The van der Waals surface area contributed by atoms with E-state index in [-0.39, 0.29) is 5.91 Å². The molecule has 3 heteroatoms. The van der Waals surface area contributed by atoms with Gasteiger partial charge in [0.25, 0.3) is 0 Å². The van der Waals surface area contributed by atoms with Crippen molar-refractivity contribution < 1.29 is 4.79 Å². The van der Waals surface area contributed by atoms with Crippen LogP contribution in [0, 0.1) is 0 Å². The van der Waals surface area contributed by atoms with Crippen LogP contribution < -0.4 is 10.2 Å². The van der Waals surface area contributed by atoms with Crippen LogP contribution in [0.3, 0.4) is 0 Å². The number of rotatable bonds is 5. The summed E-state index contributed by atoms with van der Waals surface area (Å²) in [5.74, 6) is 0.0999. The average Bonchev–Trinajstić information content (AvgIpc) is 2.60. The van der Waals surface area contributed by atoms with Gasteiger partial charge in [-0.25, -0.2) is 0 Å². The van der Waals surface area contributed by atoms with E-state index in [1.165, 1.54) is 23.4 Å². The zero-order valence-corrected chi connectivity index (χ0v) is 13.7. The summed E-state index contributed by atoms with van der Waals surface area (Å²) in [6, 6.07) is 16.8. The molecule has 0 atom stereocenters. The molecule has 0 spiro atoms. The lowest BCUT2D eigenvalue weighted by Crippen LogP contribution is -2.24. The molecule has 1 aliphatic heterocycles. The fraction of sp³-hybridized carbons (Fsp3) is 0.350. The van der Waals surface area contributed by atoms with Crippen LogP contribution in [0.2, 0.25) is 0 Å². The number of aryl methyl sites for hydroxylation is 1. The molecule has 1 N–H and O–H groups in total. The van der Waals surface area contributed by atoms with Gasteiger partial charge in [0.1, 0.15) is 0 Å². The molecule has 0 unspecified atom stereocenters. The second-order valence-electron chi connectivity index (χ2n) is 6.08. The number of unbranched alkanes of at least 4 members (excludes halogenated alkanes) is 1. The van der Waals surface area contributed by atoms with Gasteiger partial charge < -0.3 is 10.2 Å². The first-order valence-corrected chi connectivity index (χ1v) is 8.53. The lowest BCUT2D eigenvalue weighted by Gasteiger charge is -2.31. The van der Waals surface area contributed by atoms with Crippen LogP contribution in [0.4, 0.5) is 17.1 Å². The van der Waals surface area contributed by atoms with Crippen LogP contribution >= 0.6 is 0 Å². The summed E-state index contributed by atoms with van der Waals surface area (Å²) < 4.78 is 0. The Morgan fingerprint density at radius 1 is 1.13 bits per heavy atom. The van der Waals surface area contributed by atoms with E-state index < -0.39 is 0 Å². The zero-order valence-electron chi connectivity index (χ0n) is 13.7. The molecule has 2 aromatic carbocycles. The van der Waals surface area contributed by atoms with Crippen molar-refractivity contribution >= 4 is 23.0 Å². The van der Waals surface area contributed by atoms with E-state index in [1.54, 1.807) is 0 Å². The van der Waals surface area contributed by atoms with Gasteiger partial charge in [-0.2, -0.15) is 0 Å². The van der Waals surface area contributed by atoms with Crippen LogP contribution in [0.1, 0.15) is 38.2 Å². The number of amides is 1. The lowest BCUT2D eigenvalue weighted by molar-refractivity contribution is -0.116. The standard InChI is InChI=1S/C20H24N2O/c1-2-3-10-20(23)21-17-11-13-18(14-12-17)22-15-6-8-16-7-4-5-9-19(16)22/h4-5,7,9,11-14H,2-3,6,8,10,15H2,1H3,(H,21,23). The molecule has 3 nitrogen and oxygen atoms in total. The molecule has 0 radical (unpaired) electrons. The molecule has 1 aliphatic rings. The number of nitrogens with one attached hydrogen (secondary N) is 1. The minimum atomic E-state index is 0.0999. The van der Waals surface area contributed by atoms with Crippen molar-refractivity contribution in [3.8, 4) is 0 Å². The Morgan fingerprint density at radius 2 is 1.91 bits per heavy atom. The summed E-state index contributed by atoms with van der Waals surface area (Å²) in [7, 11) is 0. The van der Waals surface area contributed by atoms with Crippen LogP contribution in [0.15, 0.2) is 48.5 Å². The first kappa shape index (κ1) is 15.6. The van der Waals surface area contributed by atoms with Gasteiger partial charge in [-0.05, 0) is 55.2 Å². The first-order valence-electron chi connectivity index (χ1n) is 8.53. The maximum Gasteiger partial charge on any atom is 0.224 e. The van der Waals surface area contributed by atoms with Crippen molar-refractivity contribution in [2.45, 2.75) is 39.0 Å². The third-order valence-corrected chi connectivity index (χ3v) is 4.33. The quantitative estimate of drug-likeness (QED) is 0.852. The van der Waals surface area contributed by atoms with Crippen LogP contribution in [-0.4, -0.2) is 12.5 Å². The molecule has 0 saturated carbocycles. The predicted octanol–water partition coefficient (Wildman–Crippen LogP) is 4.90. The monoisotopic (exact) mass is 308 g/mol. The summed E-state index contributed by atoms with van der Waals surface area (Å²) in [6.45, 7) is 3.14. The molecular formula is C20H24N2O. The van der Waals surface area contributed by atoms with Crippen molar-refractivity contribution in [2.24, 2.45) is 0 Å². The normalized spacial score (nSPS) is 13.5. The summed E-state index contributed by atoms with van der Waals surface area (Å²) >= 11 is 0. The van der Waals surface area contributed by atoms with Gasteiger partial charge >= 0.3 is 0 Å². The van der Waals surface area contributed by atoms with Gasteiger partial charge in [-0.15, -0.1) is 0 Å². The number of anilines is 3. The highest BCUT2D eigenvalue weighted by Crippen LogP contribution is 2.33. The van der Waals surface area contributed by atoms with Crippen molar-refractivity contribution in [3.63, 3.8) is 0 Å². The van der Waals surface area contributed by atoms with Crippen molar-refractivity contribution in [1.29, 1.82) is 0 Å². The molecule has 0 aliphatic carbocycles. The van der Waals surface area contributed by atoms with E-state index in [1.807, 2.05) is 12.1 Å². The number of para-hydroxylation sites is 1. The summed E-state index contributed by atoms with van der Waals surface area (Å²) in [5, 5.41) is 2.97. The van der Waals surface area contributed by atoms with E-state index in [0.717, 1.165) is 31.5 Å². The van der Waals surface area contributed by atoms with Gasteiger partial charge in [0.2, 0.25) is 5.91 Å². The molecule has 120 valence electrons. The molecule has 3 rings (SSSR count). The van der Waals surface area contributed by atoms with Gasteiger partial charge in [-0.3, -0.25) is 4.79 Å². The largest absolute Gasteiger partial charge is 0.341 e. The Kier molecular flexibility index (Phi) is 4.96. The number of benzene rings is 2. The highest BCUT2D eigenvalue weighted by molar-refractivity contribution is 5.90. The van der Waals surface area contributed by atoms with Gasteiger partial charge in [0.05, 0.1) is 0 Å². The van der Waals surface area contributed by atoms with Crippen LogP contribution in [0.5, 0.6) is 0 Å². The number of hydrogen-bond donors (Lipinski definition) is 1. The number of hydrogen-bond acceptors (Lipinski definition) is 2. The van der Waals surface area contributed by atoms with E-state index in [4.69, 9.17) is 0 Å². The zero-order chi connectivity index (χ0) is 16.1. The van der Waals surface area contributed by atoms with Crippen LogP contribution in [0.25, 0.3) is 0 Å². The maximum atomic E-state index is 11.8. The Hall–Kier alpha value is -2.29. The first-order chi connectivity index (χ1) is 11.3. The predicted molar refractivity (Wildman–Crippen MR) is 96.4 cm³/mol. The molecule has 0 fully saturated rings. The summed E-state index contributed by atoms with van der Waals surface area (Å²) in [6.07, 6.45) is 4.90. The second kappa shape index (κ2) is 7.32. The maximum absolute atomic E-state index is 11.8. The number of nitrogens with zero attached hydrogens (tertiary/aromatic N) is 1. The molecule has 0 saturated heterocycles. The average molecular weight is 308 g/mol. The Balaban J connectivity index is 1.72. The number of fused-ring (bicyclic) bond motifs is 1. The van der Waals surface area contributed by atoms with Crippen molar-refractivity contribution in [3.05, 3.63) is 54.1 Å². The molecular weight excluding hydrogens is 284 g/mol. The summed E-state index contributed by atoms with van der Waals surface area (Å²) in [5.41, 5.74) is 4.78. The Bertz CT molecular complexity index is 664. The van der Waals surface area contributed by atoms with E-state index >= 15 is 0 Å². The molecule has 1 heterocycles.